The normalized spacial score (nSPS) is 12.1. The number of benzene rings is 2. The van der Waals surface area contributed by atoms with Gasteiger partial charge in [-0.3, -0.25) is 0 Å². The number of rotatable bonds is 4. The van der Waals surface area contributed by atoms with Gasteiger partial charge in [0.1, 0.15) is 17.3 Å². The van der Waals surface area contributed by atoms with Crippen LogP contribution in [0.1, 0.15) is 17.2 Å². The molecule has 106 valence electrons. The minimum Gasteiger partial charge on any atom is -0.497 e. The van der Waals surface area contributed by atoms with Gasteiger partial charge in [-0.15, -0.1) is 0 Å². The van der Waals surface area contributed by atoms with Gasteiger partial charge in [0.05, 0.1) is 20.3 Å². The average Bonchev–Trinajstić information content (AvgIpc) is 2.46. The van der Waals surface area contributed by atoms with E-state index < -0.39 is 11.9 Å². The van der Waals surface area contributed by atoms with Crippen LogP contribution in [0.25, 0.3) is 0 Å². The average molecular weight is 296 g/mol. The number of methoxy groups -OCH3 is 2. The molecule has 0 aromatic heterocycles. The standard InChI is InChI=1S/C15H15ClFNO2/c1-19-9-3-5-11(13(16)7-9)15(18)12-6-4-10(20-2)8-14(12)17/h3-8,15H,18H2,1-2H3. The van der Waals surface area contributed by atoms with Gasteiger partial charge in [0.2, 0.25) is 0 Å². The Kier molecular flexibility index (Phi) is 4.47. The molecule has 0 fully saturated rings. The van der Waals surface area contributed by atoms with Crippen molar-refractivity contribution in [3.05, 3.63) is 58.4 Å². The van der Waals surface area contributed by atoms with Crippen molar-refractivity contribution >= 4 is 11.6 Å². The van der Waals surface area contributed by atoms with E-state index in [2.05, 4.69) is 0 Å². The van der Waals surface area contributed by atoms with Crippen LogP contribution < -0.4 is 15.2 Å². The molecule has 0 amide bonds. The van der Waals surface area contributed by atoms with Crippen LogP contribution >= 0.6 is 11.6 Å². The molecule has 2 aromatic carbocycles. The first kappa shape index (κ1) is 14.6. The number of nitrogens with two attached hydrogens (primary N) is 1. The maximum atomic E-state index is 14.0. The predicted octanol–water partition coefficient (Wildman–Crippen LogP) is 3.54. The second kappa shape index (κ2) is 6.11. The van der Waals surface area contributed by atoms with Gasteiger partial charge in [-0.1, -0.05) is 23.7 Å². The van der Waals surface area contributed by atoms with E-state index in [1.54, 1.807) is 37.4 Å². The summed E-state index contributed by atoms with van der Waals surface area (Å²) in [4.78, 5) is 0. The quantitative estimate of drug-likeness (QED) is 0.938. The van der Waals surface area contributed by atoms with Crippen LogP contribution in [0.5, 0.6) is 11.5 Å². The van der Waals surface area contributed by atoms with Crippen molar-refractivity contribution in [2.24, 2.45) is 5.73 Å². The highest BCUT2D eigenvalue weighted by atomic mass is 35.5. The number of hydrogen-bond donors (Lipinski definition) is 1. The van der Waals surface area contributed by atoms with Gasteiger partial charge < -0.3 is 15.2 Å². The lowest BCUT2D eigenvalue weighted by atomic mass is 9.99. The van der Waals surface area contributed by atoms with Crippen molar-refractivity contribution in [2.45, 2.75) is 6.04 Å². The second-order valence-corrected chi connectivity index (χ2v) is 4.66. The molecular formula is C15H15ClFNO2. The van der Waals surface area contributed by atoms with Gasteiger partial charge >= 0.3 is 0 Å². The van der Waals surface area contributed by atoms with Crippen molar-refractivity contribution in [3.63, 3.8) is 0 Å². The summed E-state index contributed by atoms with van der Waals surface area (Å²) in [6, 6.07) is 9.03. The summed E-state index contributed by atoms with van der Waals surface area (Å²) in [5.41, 5.74) is 7.09. The summed E-state index contributed by atoms with van der Waals surface area (Å²) < 4.78 is 24.1. The van der Waals surface area contributed by atoms with Crippen molar-refractivity contribution < 1.29 is 13.9 Å². The molecule has 1 unspecified atom stereocenters. The van der Waals surface area contributed by atoms with Crippen LogP contribution in [0.15, 0.2) is 36.4 Å². The molecule has 0 spiro atoms. The summed E-state index contributed by atoms with van der Waals surface area (Å²) in [5, 5.41) is 0.437. The smallest absolute Gasteiger partial charge is 0.132 e. The number of halogens is 2. The maximum Gasteiger partial charge on any atom is 0.132 e. The van der Waals surface area contributed by atoms with Crippen LogP contribution in [0.4, 0.5) is 4.39 Å². The van der Waals surface area contributed by atoms with E-state index in [4.69, 9.17) is 26.8 Å². The first-order valence-corrected chi connectivity index (χ1v) is 6.37. The molecular weight excluding hydrogens is 281 g/mol. The van der Waals surface area contributed by atoms with Crippen LogP contribution in [-0.2, 0) is 0 Å². The van der Waals surface area contributed by atoms with E-state index in [1.807, 2.05) is 0 Å². The Balaban J connectivity index is 2.38. The molecule has 2 aromatic rings. The van der Waals surface area contributed by atoms with Crippen molar-refractivity contribution in [2.75, 3.05) is 14.2 Å². The molecule has 3 nitrogen and oxygen atoms in total. The first-order valence-electron chi connectivity index (χ1n) is 5.99. The van der Waals surface area contributed by atoms with Gasteiger partial charge in [-0.25, -0.2) is 4.39 Å². The van der Waals surface area contributed by atoms with Crippen LogP contribution in [0.3, 0.4) is 0 Å². The largest absolute Gasteiger partial charge is 0.497 e. The Morgan fingerprint density at radius 2 is 1.55 bits per heavy atom. The van der Waals surface area contributed by atoms with Crippen molar-refractivity contribution in [1.82, 2.24) is 0 Å². The maximum absolute atomic E-state index is 14.0. The SMILES string of the molecule is COc1ccc(C(N)c2ccc(OC)cc2Cl)c(F)c1. The molecule has 0 aliphatic heterocycles. The topological polar surface area (TPSA) is 44.5 Å². The van der Waals surface area contributed by atoms with E-state index in [1.165, 1.54) is 13.2 Å². The molecule has 0 radical (unpaired) electrons. The molecule has 0 heterocycles. The molecule has 1 atom stereocenters. The molecule has 0 saturated heterocycles. The lowest BCUT2D eigenvalue weighted by molar-refractivity contribution is 0.410. The monoisotopic (exact) mass is 295 g/mol. The van der Waals surface area contributed by atoms with Gasteiger partial charge in [0.15, 0.2) is 0 Å². The summed E-state index contributed by atoms with van der Waals surface area (Å²) in [5.74, 6) is 0.643. The van der Waals surface area contributed by atoms with Gasteiger partial charge in [-0.05, 0) is 23.8 Å². The zero-order valence-electron chi connectivity index (χ0n) is 11.2. The van der Waals surface area contributed by atoms with Crippen molar-refractivity contribution in [3.8, 4) is 11.5 Å². The fourth-order valence-corrected chi connectivity index (χ4v) is 2.23. The number of ether oxygens (including phenoxy) is 2. The minimum atomic E-state index is -0.653. The van der Waals surface area contributed by atoms with Crippen LogP contribution in [-0.4, -0.2) is 14.2 Å². The summed E-state index contributed by atoms with van der Waals surface area (Å²) in [6.07, 6.45) is 0. The Hall–Kier alpha value is -1.78. The highest BCUT2D eigenvalue weighted by Gasteiger charge is 2.17. The molecule has 0 saturated carbocycles. The Labute approximate surface area is 122 Å². The van der Waals surface area contributed by atoms with Gasteiger partial charge in [0.25, 0.3) is 0 Å². The molecule has 2 rings (SSSR count). The zero-order chi connectivity index (χ0) is 14.7. The summed E-state index contributed by atoms with van der Waals surface area (Å²) >= 11 is 6.16. The summed E-state index contributed by atoms with van der Waals surface area (Å²) in [7, 11) is 3.03. The Morgan fingerprint density at radius 1 is 1.00 bits per heavy atom. The van der Waals surface area contributed by atoms with E-state index >= 15 is 0 Å². The third kappa shape index (κ3) is 2.86. The molecule has 5 heteroatoms. The van der Waals surface area contributed by atoms with E-state index in [0.29, 0.717) is 27.6 Å². The third-order valence-electron chi connectivity index (χ3n) is 3.09. The van der Waals surface area contributed by atoms with E-state index in [0.717, 1.165) is 0 Å². The molecule has 0 aliphatic carbocycles. The summed E-state index contributed by atoms with van der Waals surface area (Å²) in [6.45, 7) is 0. The van der Waals surface area contributed by atoms with Crippen LogP contribution in [0.2, 0.25) is 5.02 Å². The zero-order valence-corrected chi connectivity index (χ0v) is 11.9. The fourth-order valence-electron chi connectivity index (χ4n) is 1.94. The number of hydrogen-bond acceptors (Lipinski definition) is 3. The lowest BCUT2D eigenvalue weighted by Crippen LogP contribution is -2.14. The van der Waals surface area contributed by atoms with Gasteiger partial charge in [-0.2, -0.15) is 0 Å². The predicted molar refractivity (Wildman–Crippen MR) is 77.0 cm³/mol. The molecule has 20 heavy (non-hydrogen) atoms. The first-order chi connectivity index (χ1) is 9.56. The second-order valence-electron chi connectivity index (χ2n) is 4.25. The Bertz CT molecular complexity index is 565. The highest BCUT2D eigenvalue weighted by Crippen LogP contribution is 2.31. The van der Waals surface area contributed by atoms with Gasteiger partial charge in [0, 0.05) is 16.7 Å². The molecule has 0 aliphatic rings. The molecule has 2 N–H and O–H groups in total. The van der Waals surface area contributed by atoms with E-state index in [-0.39, 0.29) is 0 Å². The van der Waals surface area contributed by atoms with Crippen LogP contribution in [0, 0.1) is 5.82 Å². The third-order valence-corrected chi connectivity index (χ3v) is 3.41. The van der Waals surface area contributed by atoms with Crippen molar-refractivity contribution in [1.29, 1.82) is 0 Å². The highest BCUT2D eigenvalue weighted by molar-refractivity contribution is 6.31. The Morgan fingerprint density at radius 3 is 2.05 bits per heavy atom. The fraction of sp³-hybridized carbons (Fsp3) is 0.200. The lowest BCUT2D eigenvalue weighted by Gasteiger charge is -2.16. The minimum absolute atomic E-state index is 0.359. The molecule has 0 bridgehead atoms. The van der Waals surface area contributed by atoms with E-state index in [9.17, 15) is 4.39 Å².